The van der Waals surface area contributed by atoms with Crippen molar-refractivity contribution >= 4 is 73.9 Å². The van der Waals surface area contributed by atoms with Crippen LogP contribution in [-0.2, 0) is 4.79 Å². The molecule has 138 valence electrons. The molecule has 0 saturated heterocycles. The number of hydrogen-bond acceptors (Lipinski definition) is 5. The molecular weight excluding hydrogens is 569 g/mol. The number of aromatic amines is 1. The Balaban J connectivity index is 1.90. The molecule has 0 aliphatic carbocycles. The molecule has 10 heteroatoms. The fourth-order valence-electron chi connectivity index (χ4n) is 2.10. The fourth-order valence-corrected chi connectivity index (χ4v) is 4.47. The van der Waals surface area contributed by atoms with Crippen LogP contribution < -0.4 is 0 Å². The summed E-state index contributed by atoms with van der Waals surface area (Å²) in [5.41, 5.74) is 1.16. The van der Waals surface area contributed by atoms with Crippen molar-refractivity contribution in [1.29, 1.82) is 0 Å². The third kappa shape index (κ3) is 5.03. The summed E-state index contributed by atoms with van der Waals surface area (Å²) in [6.07, 6.45) is 1.38. The van der Waals surface area contributed by atoms with Crippen molar-refractivity contribution in [3.63, 3.8) is 0 Å². The Morgan fingerprint density at radius 3 is 2.67 bits per heavy atom. The Kier molecular flexibility index (Phi) is 6.45. The number of carbonyl (C=O) groups is 1. The average molecular weight is 579 g/mol. The summed E-state index contributed by atoms with van der Waals surface area (Å²) in [6, 6.07) is 10.4. The lowest BCUT2D eigenvalue weighted by molar-refractivity contribution is -0.131. The monoisotopic (exact) mass is 577 g/mol. The standard InChI is InChI=1S/C17H10BrClIN3O3S/c18-10-5-9(14(24)12(20)7-10)6-13(16(25)26)27-17-21-15(22-23-17)8-1-3-11(19)4-2-8/h1-7,24H,(H,25,26)(H,21,22,23)/b13-6-. The van der Waals surface area contributed by atoms with Gasteiger partial charge in [-0.1, -0.05) is 27.5 Å². The van der Waals surface area contributed by atoms with Crippen molar-refractivity contribution in [3.8, 4) is 17.1 Å². The van der Waals surface area contributed by atoms with Crippen LogP contribution in [0.15, 0.2) is 50.9 Å². The zero-order valence-electron chi connectivity index (χ0n) is 13.3. The largest absolute Gasteiger partial charge is 0.506 e. The van der Waals surface area contributed by atoms with E-state index >= 15 is 0 Å². The molecule has 27 heavy (non-hydrogen) atoms. The third-order valence-corrected chi connectivity index (χ3v) is 5.75. The van der Waals surface area contributed by atoms with Gasteiger partial charge in [0, 0.05) is 20.6 Å². The first-order valence-corrected chi connectivity index (χ1v) is 10.4. The summed E-state index contributed by atoms with van der Waals surface area (Å²) in [5, 5.41) is 27.4. The van der Waals surface area contributed by atoms with Gasteiger partial charge in [-0.2, -0.15) is 0 Å². The van der Waals surface area contributed by atoms with Crippen LogP contribution in [-0.4, -0.2) is 31.4 Å². The van der Waals surface area contributed by atoms with Crippen molar-refractivity contribution < 1.29 is 15.0 Å². The number of nitrogens with zero attached hydrogens (tertiary/aromatic N) is 2. The number of phenolic OH excluding ortho intramolecular Hbond substituents is 1. The summed E-state index contributed by atoms with van der Waals surface area (Å²) >= 11 is 12.1. The van der Waals surface area contributed by atoms with E-state index in [2.05, 4.69) is 31.1 Å². The Morgan fingerprint density at radius 2 is 2.00 bits per heavy atom. The minimum atomic E-state index is -1.15. The van der Waals surface area contributed by atoms with E-state index in [4.69, 9.17) is 11.6 Å². The second-order valence-electron chi connectivity index (χ2n) is 5.21. The smallest absolute Gasteiger partial charge is 0.342 e. The lowest BCUT2D eigenvalue weighted by atomic mass is 10.2. The second-order valence-corrected chi connectivity index (χ2v) is 8.74. The molecule has 0 atom stereocenters. The van der Waals surface area contributed by atoms with Gasteiger partial charge < -0.3 is 10.2 Å². The first kappa shape index (κ1) is 20.2. The lowest BCUT2D eigenvalue weighted by Gasteiger charge is -2.05. The molecule has 1 heterocycles. The highest BCUT2D eigenvalue weighted by Crippen LogP contribution is 2.33. The fraction of sp³-hybridized carbons (Fsp3) is 0. The second kappa shape index (κ2) is 8.63. The summed E-state index contributed by atoms with van der Waals surface area (Å²) in [4.78, 5) is 15.9. The van der Waals surface area contributed by atoms with Crippen molar-refractivity contribution in [2.24, 2.45) is 0 Å². The minimum Gasteiger partial charge on any atom is -0.506 e. The number of aromatic hydroxyl groups is 1. The summed E-state index contributed by atoms with van der Waals surface area (Å²) < 4.78 is 1.33. The number of benzene rings is 2. The normalized spacial score (nSPS) is 11.6. The van der Waals surface area contributed by atoms with Gasteiger partial charge in [0.25, 0.3) is 0 Å². The van der Waals surface area contributed by atoms with Gasteiger partial charge in [0.05, 0.1) is 3.57 Å². The highest BCUT2D eigenvalue weighted by molar-refractivity contribution is 14.1. The summed E-state index contributed by atoms with van der Waals surface area (Å²) in [6.45, 7) is 0. The molecule has 6 nitrogen and oxygen atoms in total. The first-order chi connectivity index (χ1) is 12.8. The third-order valence-electron chi connectivity index (χ3n) is 3.34. The van der Waals surface area contributed by atoms with Gasteiger partial charge in [0.1, 0.15) is 10.7 Å². The van der Waals surface area contributed by atoms with E-state index in [1.54, 1.807) is 36.4 Å². The maximum Gasteiger partial charge on any atom is 0.342 e. The topological polar surface area (TPSA) is 99.1 Å². The number of H-pyrrole nitrogens is 1. The highest BCUT2D eigenvalue weighted by Gasteiger charge is 2.16. The van der Waals surface area contributed by atoms with Gasteiger partial charge in [0.15, 0.2) is 5.82 Å². The lowest BCUT2D eigenvalue weighted by Crippen LogP contribution is -1.97. The van der Waals surface area contributed by atoms with Crippen LogP contribution in [0.2, 0.25) is 5.02 Å². The predicted molar refractivity (Wildman–Crippen MR) is 117 cm³/mol. The van der Waals surface area contributed by atoms with E-state index in [1.807, 2.05) is 22.6 Å². The summed E-state index contributed by atoms with van der Waals surface area (Å²) in [7, 11) is 0. The van der Waals surface area contributed by atoms with E-state index < -0.39 is 5.97 Å². The van der Waals surface area contributed by atoms with Crippen molar-refractivity contribution in [3.05, 3.63) is 59.9 Å². The van der Waals surface area contributed by atoms with Gasteiger partial charge in [0.2, 0.25) is 5.16 Å². The molecule has 0 spiro atoms. The van der Waals surface area contributed by atoms with Crippen LogP contribution in [0.1, 0.15) is 5.56 Å². The van der Waals surface area contributed by atoms with E-state index in [9.17, 15) is 15.0 Å². The van der Waals surface area contributed by atoms with Crippen molar-refractivity contribution in [1.82, 2.24) is 15.2 Å². The van der Waals surface area contributed by atoms with Crippen molar-refractivity contribution in [2.75, 3.05) is 0 Å². The maximum atomic E-state index is 11.6. The molecule has 0 saturated carbocycles. The predicted octanol–water partition coefficient (Wildman–Crippen LogP) is 5.42. The quantitative estimate of drug-likeness (QED) is 0.213. The van der Waals surface area contributed by atoms with Crippen LogP contribution in [0.3, 0.4) is 0 Å². The molecule has 3 aromatic rings. The number of halogens is 3. The number of thioether (sulfide) groups is 1. The minimum absolute atomic E-state index is 0.00925. The van der Waals surface area contributed by atoms with E-state index in [0.717, 1.165) is 21.8 Å². The highest BCUT2D eigenvalue weighted by atomic mass is 127. The van der Waals surface area contributed by atoms with Crippen LogP contribution in [0.5, 0.6) is 5.75 Å². The van der Waals surface area contributed by atoms with Gasteiger partial charge >= 0.3 is 5.97 Å². The number of phenols is 1. The number of aliphatic carboxylic acids is 1. The SMILES string of the molecule is O=C(O)/C(=C/c1cc(Br)cc(I)c1O)Sc1n[nH]c(-c2ccc(Cl)cc2)n1. The molecule has 2 aromatic carbocycles. The Hall–Kier alpha value is -1.56. The molecule has 0 aliphatic rings. The molecule has 0 amide bonds. The Bertz CT molecular complexity index is 1040. The number of carboxylic acid groups (broad SMARTS) is 1. The molecule has 0 fully saturated rings. The van der Waals surface area contributed by atoms with Crippen LogP contribution in [0, 0.1) is 3.57 Å². The Labute approximate surface area is 185 Å². The number of aromatic nitrogens is 3. The molecule has 3 N–H and O–H groups in total. The van der Waals surface area contributed by atoms with Gasteiger partial charge in [-0.25, -0.2) is 9.78 Å². The molecule has 3 rings (SSSR count). The molecule has 0 bridgehead atoms. The van der Waals surface area contributed by atoms with Crippen molar-refractivity contribution in [2.45, 2.75) is 5.16 Å². The molecule has 1 aromatic heterocycles. The molecule has 0 radical (unpaired) electrons. The van der Waals surface area contributed by atoms with Crippen LogP contribution in [0.25, 0.3) is 17.5 Å². The zero-order valence-corrected chi connectivity index (χ0v) is 18.6. The van der Waals surface area contributed by atoms with Crippen LogP contribution >= 0.6 is 61.9 Å². The van der Waals surface area contributed by atoms with E-state index in [0.29, 0.717) is 20.0 Å². The molecule has 0 unspecified atom stereocenters. The average Bonchev–Trinajstić information content (AvgIpc) is 3.07. The summed E-state index contributed by atoms with van der Waals surface area (Å²) in [5.74, 6) is -0.638. The number of rotatable bonds is 5. The van der Waals surface area contributed by atoms with Gasteiger partial charge in [-0.15, -0.1) is 5.10 Å². The Morgan fingerprint density at radius 1 is 1.30 bits per heavy atom. The van der Waals surface area contributed by atoms with Gasteiger partial charge in [-0.3, -0.25) is 5.10 Å². The first-order valence-electron chi connectivity index (χ1n) is 7.32. The maximum absolute atomic E-state index is 11.6. The number of hydrogen-bond donors (Lipinski definition) is 3. The zero-order chi connectivity index (χ0) is 19.6. The molecular formula is C17H10BrClIN3O3S. The van der Waals surface area contributed by atoms with E-state index in [1.165, 1.54) is 6.08 Å². The van der Waals surface area contributed by atoms with Gasteiger partial charge in [-0.05, 0) is 76.8 Å². The van der Waals surface area contributed by atoms with Crippen LogP contribution in [0.4, 0.5) is 0 Å². The number of carboxylic acids is 1. The van der Waals surface area contributed by atoms with E-state index in [-0.39, 0.29) is 15.8 Å². The molecule has 0 aliphatic heterocycles. The number of nitrogens with one attached hydrogen (secondary N) is 1.